The van der Waals surface area contributed by atoms with Gasteiger partial charge in [-0.1, -0.05) is 42.5 Å². The summed E-state index contributed by atoms with van der Waals surface area (Å²) < 4.78 is 8.89. The van der Waals surface area contributed by atoms with Crippen molar-refractivity contribution in [2.45, 2.75) is 39.5 Å². The van der Waals surface area contributed by atoms with Crippen molar-refractivity contribution in [1.29, 1.82) is 0 Å². The number of hydrogen-bond donors (Lipinski definition) is 1. The number of amides is 1. The van der Waals surface area contributed by atoms with Gasteiger partial charge in [0.1, 0.15) is 11.6 Å². The number of para-hydroxylation sites is 1. The number of aromatic nitrogens is 3. The highest BCUT2D eigenvalue weighted by Crippen LogP contribution is 2.43. The zero-order valence-corrected chi connectivity index (χ0v) is 18.6. The maximum atomic E-state index is 12.7. The van der Waals surface area contributed by atoms with Gasteiger partial charge in [0.05, 0.1) is 22.5 Å². The lowest BCUT2D eigenvalue weighted by atomic mass is 9.85. The molecule has 0 bridgehead atoms. The zero-order chi connectivity index (χ0) is 21.5. The summed E-state index contributed by atoms with van der Waals surface area (Å²) in [7, 11) is 0. The number of aryl methyl sites for hydroxylation is 2. The molecule has 4 aromatic rings. The van der Waals surface area contributed by atoms with Gasteiger partial charge in [-0.3, -0.25) is 4.79 Å². The highest BCUT2D eigenvalue weighted by Gasteiger charge is 2.34. The van der Waals surface area contributed by atoms with Crippen molar-refractivity contribution in [2.24, 2.45) is 0 Å². The third-order valence-electron chi connectivity index (χ3n) is 5.57. The van der Waals surface area contributed by atoms with Crippen molar-refractivity contribution in [3.8, 4) is 10.9 Å². The molecule has 1 amide bonds. The second kappa shape index (κ2) is 7.81. The van der Waals surface area contributed by atoms with Gasteiger partial charge in [0, 0.05) is 23.5 Å². The number of anilines is 1. The van der Waals surface area contributed by atoms with E-state index in [4.69, 9.17) is 14.8 Å². The molecule has 2 aromatic carbocycles. The first kappa shape index (κ1) is 19.8. The number of nitrogens with one attached hydrogen (secondary N) is 1. The van der Waals surface area contributed by atoms with Gasteiger partial charge in [0.15, 0.2) is 0 Å². The van der Waals surface area contributed by atoms with E-state index in [1.807, 2.05) is 31.2 Å². The molecule has 31 heavy (non-hydrogen) atoms. The van der Waals surface area contributed by atoms with Crippen LogP contribution in [-0.2, 0) is 4.79 Å². The molecule has 0 saturated heterocycles. The van der Waals surface area contributed by atoms with Gasteiger partial charge in [0.25, 0.3) is 0 Å². The molecule has 1 N–H and O–H groups in total. The smallest absolute Gasteiger partial charge is 0.226 e. The van der Waals surface area contributed by atoms with E-state index in [-0.39, 0.29) is 11.8 Å². The number of carbonyl (C=O) groups excluding carboxylic acids is 1. The second-order valence-electron chi connectivity index (χ2n) is 7.92. The maximum absolute atomic E-state index is 12.7. The molecule has 2 aromatic heterocycles. The summed E-state index contributed by atoms with van der Waals surface area (Å²) in [6, 6.07) is 14.2. The lowest BCUT2D eigenvalue weighted by molar-refractivity contribution is -0.116. The lowest BCUT2D eigenvalue weighted by Crippen LogP contribution is -2.25. The Morgan fingerprint density at radius 3 is 2.90 bits per heavy atom. The average Bonchev–Trinajstić information content (AvgIpc) is 3.32. The quantitative estimate of drug-likeness (QED) is 0.461. The van der Waals surface area contributed by atoms with Crippen molar-refractivity contribution < 1.29 is 9.53 Å². The summed E-state index contributed by atoms with van der Waals surface area (Å²) in [4.78, 5) is 17.5. The fourth-order valence-electron chi connectivity index (χ4n) is 4.17. The Balaban J connectivity index is 1.63. The van der Waals surface area contributed by atoms with Crippen LogP contribution in [0.5, 0.6) is 5.75 Å². The van der Waals surface area contributed by atoms with E-state index in [2.05, 4.69) is 37.4 Å². The number of rotatable bonds is 5. The first-order valence-corrected chi connectivity index (χ1v) is 11.4. The number of carbonyl (C=O) groups is 1. The topological polar surface area (TPSA) is 69.0 Å². The van der Waals surface area contributed by atoms with Gasteiger partial charge in [-0.2, -0.15) is 9.78 Å². The summed E-state index contributed by atoms with van der Waals surface area (Å²) in [5.41, 5.74) is 5.07. The Labute approximate surface area is 184 Å². The van der Waals surface area contributed by atoms with Crippen molar-refractivity contribution in [3.05, 3.63) is 64.8 Å². The molecule has 0 radical (unpaired) electrons. The van der Waals surface area contributed by atoms with Crippen LogP contribution in [0.3, 0.4) is 0 Å². The minimum Gasteiger partial charge on any atom is -0.493 e. The Kier molecular flexibility index (Phi) is 4.98. The number of benzene rings is 2. The number of thiazole rings is 1. The monoisotopic (exact) mass is 432 g/mol. The molecule has 6 nitrogen and oxygen atoms in total. The molecule has 1 atom stereocenters. The molecule has 0 spiro atoms. The predicted molar refractivity (Wildman–Crippen MR) is 124 cm³/mol. The zero-order valence-electron chi connectivity index (χ0n) is 17.8. The minimum atomic E-state index is -0.109. The molecule has 0 unspecified atom stereocenters. The first-order valence-electron chi connectivity index (χ1n) is 10.5. The summed E-state index contributed by atoms with van der Waals surface area (Å²) >= 11 is 1.58. The van der Waals surface area contributed by atoms with Gasteiger partial charge >= 0.3 is 0 Å². The van der Waals surface area contributed by atoms with Crippen LogP contribution in [0.15, 0.2) is 42.5 Å². The van der Waals surface area contributed by atoms with Crippen LogP contribution in [0.4, 0.5) is 5.82 Å². The number of fused-ring (bicyclic) bond motifs is 2. The molecule has 7 heteroatoms. The highest BCUT2D eigenvalue weighted by molar-refractivity contribution is 7.20. The van der Waals surface area contributed by atoms with Crippen LogP contribution < -0.4 is 10.1 Å². The summed E-state index contributed by atoms with van der Waals surface area (Å²) in [6.45, 7) is 6.79. The van der Waals surface area contributed by atoms with Crippen LogP contribution in [0, 0.1) is 13.8 Å². The first-order chi connectivity index (χ1) is 15.0. The highest BCUT2D eigenvalue weighted by atomic mass is 32.1. The number of ether oxygens (including phenoxy) is 1. The van der Waals surface area contributed by atoms with Gasteiger partial charge in [-0.25, -0.2) is 4.98 Å². The molecule has 158 valence electrons. The van der Waals surface area contributed by atoms with Crippen molar-refractivity contribution in [2.75, 3.05) is 11.9 Å². The number of hydrogen-bond acceptors (Lipinski definition) is 5. The fourth-order valence-corrected chi connectivity index (χ4v) is 5.20. The largest absolute Gasteiger partial charge is 0.493 e. The summed E-state index contributed by atoms with van der Waals surface area (Å²) in [6.07, 6.45) is 1.30. The van der Waals surface area contributed by atoms with Gasteiger partial charge in [0.2, 0.25) is 11.0 Å². The standard InChI is InChI=1S/C24H24N4O2S/c1-4-11-30-19-8-6-5-7-16(19)17-13-21(29)26-23-22(17)15(3)27-28(23)24-25-18-10-9-14(2)12-20(18)31-24/h5-10,12,17H,4,11,13H2,1-3H3,(H,26,29)/t17-/m1/s1. The van der Waals surface area contributed by atoms with E-state index in [1.54, 1.807) is 16.0 Å². The van der Waals surface area contributed by atoms with Crippen molar-refractivity contribution in [3.63, 3.8) is 0 Å². The van der Waals surface area contributed by atoms with Gasteiger partial charge in [-0.15, -0.1) is 0 Å². The maximum Gasteiger partial charge on any atom is 0.226 e. The average molecular weight is 433 g/mol. The Morgan fingerprint density at radius 2 is 2.06 bits per heavy atom. The summed E-state index contributed by atoms with van der Waals surface area (Å²) in [5.74, 6) is 1.40. The normalized spacial score (nSPS) is 15.7. The third kappa shape index (κ3) is 3.49. The van der Waals surface area contributed by atoms with E-state index < -0.39 is 0 Å². The molecule has 1 aliphatic rings. The van der Waals surface area contributed by atoms with E-state index in [1.165, 1.54) is 5.56 Å². The van der Waals surface area contributed by atoms with Crippen LogP contribution in [0.2, 0.25) is 0 Å². The Morgan fingerprint density at radius 1 is 1.23 bits per heavy atom. The predicted octanol–water partition coefficient (Wildman–Crippen LogP) is 5.36. The van der Waals surface area contributed by atoms with E-state index >= 15 is 0 Å². The third-order valence-corrected chi connectivity index (χ3v) is 6.57. The lowest BCUT2D eigenvalue weighted by Gasteiger charge is -2.25. The van der Waals surface area contributed by atoms with Crippen LogP contribution >= 0.6 is 11.3 Å². The molecule has 0 aliphatic carbocycles. The summed E-state index contributed by atoms with van der Waals surface area (Å²) in [5, 5.41) is 8.60. The second-order valence-corrected chi connectivity index (χ2v) is 8.93. The molecule has 5 rings (SSSR count). The van der Waals surface area contributed by atoms with Gasteiger partial charge < -0.3 is 10.1 Å². The van der Waals surface area contributed by atoms with Crippen molar-refractivity contribution >= 4 is 33.3 Å². The minimum absolute atomic E-state index is 0.0269. The SMILES string of the molecule is CCCOc1ccccc1[C@H]1CC(=O)Nc2c1c(C)nn2-c1nc2ccc(C)cc2s1. The molecular weight excluding hydrogens is 408 g/mol. The van der Waals surface area contributed by atoms with Crippen LogP contribution in [0.25, 0.3) is 15.3 Å². The number of nitrogens with zero attached hydrogens (tertiary/aromatic N) is 3. The van der Waals surface area contributed by atoms with Crippen LogP contribution in [-0.4, -0.2) is 27.3 Å². The molecule has 3 heterocycles. The molecule has 0 fully saturated rings. The van der Waals surface area contributed by atoms with E-state index in [0.717, 1.165) is 44.3 Å². The van der Waals surface area contributed by atoms with Crippen molar-refractivity contribution in [1.82, 2.24) is 14.8 Å². The molecule has 1 aliphatic heterocycles. The Bertz CT molecular complexity index is 1290. The van der Waals surface area contributed by atoms with Crippen LogP contribution in [0.1, 0.15) is 48.1 Å². The van der Waals surface area contributed by atoms with E-state index in [0.29, 0.717) is 18.8 Å². The van der Waals surface area contributed by atoms with Gasteiger partial charge in [-0.05, 0) is 44.0 Å². The molecular formula is C24H24N4O2S. The molecule has 0 saturated carbocycles. The fraction of sp³-hybridized carbons (Fsp3) is 0.292. The van der Waals surface area contributed by atoms with E-state index in [9.17, 15) is 4.79 Å². The Hall–Kier alpha value is -3.19.